The number of amides is 1. The molecule has 0 aliphatic rings. The normalized spacial score (nSPS) is 12.8. The van der Waals surface area contributed by atoms with Gasteiger partial charge < -0.3 is 5.32 Å². The van der Waals surface area contributed by atoms with Crippen molar-refractivity contribution in [2.45, 2.75) is 4.83 Å². The molecule has 9 heavy (non-hydrogen) atoms. The molecule has 0 bridgehead atoms. The number of rotatable bonds is 3. The molecule has 0 spiro atoms. The quantitative estimate of drug-likeness (QED) is 0.754. The van der Waals surface area contributed by atoms with Crippen LogP contribution in [0.5, 0.6) is 0 Å². The molecule has 2 nitrogen and oxygen atoms in total. The van der Waals surface area contributed by atoms with Crippen LogP contribution in [0.2, 0.25) is 0 Å². The van der Waals surface area contributed by atoms with Crippen LogP contribution in [0, 0.1) is 6.92 Å². The van der Waals surface area contributed by atoms with Gasteiger partial charge in [-0.1, -0.05) is 31.9 Å². The Labute approximate surface area is 71.6 Å². The van der Waals surface area contributed by atoms with E-state index in [0.717, 1.165) is 0 Å². The summed E-state index contributed by atoms with van der Waals surface area (Å²) in [6.45, 7) is 3.91. The van der Waals surface area contributed by atoms with Gasteiger partial charge in [0.25, 0.3) is 0 Å². The Morgan fingerprint density at radius 1 is 1.78 bits per heavy atom. The topological polar surface area (TPSA) is 29.1 Å². The van der Waals surface area contributed by atoms with Gasteiger partial charge in [-0.25, -0.2) is 0 Å². The lowest BCUT2D eigenvalue weighted by Crippen LogP contribution is -2.31. The van der Waals surface area contributed by atoms with Gasteiger partial charge in [-0.05, 0) is 6.92 Å². The monoisotopic (exact) mass is 256 g/mol. The van der Waals surface area contributed by atoms with Gasteiger partial charge >= 0.3 is 0 Å². The maximum atomic E-state index is 10.7. The standard InChI is InChI=1S/C5H8Br2NO/c1-2-8-5(9)4(7)3-6/h4H,1-3H2,(H,8,9). The summed E-state index contributed by atoms with van der Waals surface area (Å²) < 4.78 is 0. The van der Waals surface area contributed by atoms with Gasteiger partial charge in [-0.2, -0.15) is 0 Å². The Morgan fingerprint density at radius 2 is 2.33 bits per heavy atom. The second kappa shape index (κ2) is 5.23. The molecule has 53 valence electrons. The fourth-order valence-corrected chi connectivity index (χ4v) is 0.760. The van der Waals surface area contributed by atoms with E-state index in [9.17, 15) is 4.79 Å². The smallest absolute Gasteiger partial charge is 0.234 e. The average molecular weight is 258 g/mol. The van der Waals surface area contributed by atoms with Crippen LogP contribution in [0.1, 0.15) is 0 Å². The van der Waals surface area contributed by atoms with Crippen LogP contribution in [-0.2, 0) is 4.79 Å². The summed E-state index contributed by atoms with van der Waals surface area (Å²) in [7, 11) is 0. The van der Waals surface area contributed by atoms with Crippen LogP contribution in [0.25, 0.3) is 0 Å². The highest BCUT2D eigenvalue weighted by Crippen LogP contribution is 2.02. The summed E-state index contributed by atoms with van der Waals surface area (Å²) in [4.78, 5) is 10.6. The number of hydrogen-bond acceptors (Lipinski definition) is 1. The Bertz CT molecular complexity index is 97.0. The van der Waals surface area contributed by atoms with E-state index < -0.39 is 0 Å². The van der Waals surface area contributed by atoms with Gasteiger partial charge in [-0.3, -0.25) is 4.79 Å². The van der Waals surface area contributed by atoms with Crippen molar-refractivity contribution in [2.24, 2.45) is 0 Å². The maximum Gasteiger partial charge on any atom is 0.234 e. The first-order chi connectivity index (χ1) is 4.22. The lowest BCUT2D eigenvalue weighted by molar-refractivity contribution is -0.119. The van der Waals surface area contributed by atoms with Crippen LogP contribution in [0.15, 0.2) is 0 Å². The molecule has 0 aliphatic heterocycles. The molecule has 1 amide bonds. The number of carbonyl (C=O) groups excluding carboxylic acids is 1. The zero-order valence-electron chi connectivity index (χ0n) is 4.86. The molecule has 1 atom stereocenters. The predicted octanol–water partition coefficient (Wildman–Crippen LogP) is 1.10. The van der Waals surface area contributed by atoms with Crippen LogP contribution in [-0.4, -0.2) is 22.6 Å². The van der Waals surface area contributed by atoms with E-state index in [1.54, 1.807) is 0 Å². The van der Waals surface area contributed by atoms with Crippen molar-refractivity contribution in [3.05, 3.63) is 6.92 Å². The third-order valence-electron chi connectivity index (χ3n) is 0.719. The second-order valence-electron chi connectivity index (χ2n) is 1.41. The molecule has 0 aromatic heterocycles. The summed E-state index contributed by atoms with van der Waals surface area (Å²) in [5, 5.41) is 3.19. The lowest BCUT2D eigenvalue weighted by Gasteiger charge is -2.03. The highest BCUT2D eigenvalue weighted by molar-refractivity contribution is 9.12. The second-order valence-corrected chi connectivity index (χ2v) is 3.17. The molecular formula is C5H8Br2NO. The van der Waals surface area contributed by atoms with Gasteiger partial charge in [0, 0.05) is 11.9 Å². The molecule has 0 rings (SSSR count). The van der Waals surface area contributed by atoms with Crippen LogP contribution in [0.4, 0.5) is 0 Å². The highest BCUT2D eigenvalue weighted by atomic mass is 79.9. The van der Waals surface area contributed by atoms with E-state index >= 15 is 0 Å². The molecule has 1 radical (unpaired) electrons. The number of alkyl halides is 2. The molecule has 0 heterocycles. The average Bonchev–Trinajstić information content (AvgIpc) is 1.87. The first-order valence-corrected chi connectivity index (χ1v) is 4.53. The van der Waals surface area contributed by atoms with E-state index in [1.807, 2.05) is 0 Å². The molecule has 0 aromatic rings. The van der Waals surface area contributed by atoms with E-state index in [0.29, 0.717) is 11.9 Å². The van der Waals surface area contributed by atoms with Gasteiger partial charge in [0.1, 0.15) is 4.83 Å². The molecule has 1 N–H and O–H groups in total. The Morgan fingerprint density at radius 3 is 2.67 bits per heavy atom. The van der Waals surface area contributed by atoms with E-state index in [2.05, 4.69) is 44.1 Å². The fraction of sp³-hybridized carbons (Fsp3) is 0.600. The molecular weight excluding hydrogens is 250 g/mol. The third-order valence-corrected chi connectivity index (χ3v) is 2.98. The summed E-state index contributed by atoms with van der Waals surface area (Å²) >= 11 is 6.31. The minimum absolute atomic E-state index is 0.0260. The lowest BCUT2D eigenvalue weighted by atomic mass is 10.4. The fourth-order valence-electron chi connectivity index (χ4n) is 0.304. The molecule has 0 saturated carbocycles. The Balaban J connectivity index is 3.46. The van der Waals surface area contributed by atoms with Gasteiger partial charge in [0.05, 0.1) is 0 Å². The van der Waals surface area contributed by atoms with Crippen LogP contribution < -0.4 is 5.32 Å². The number of halogens is 2. The minimum Gasteiger partial charge on any atom is -0.355 e. The Kier molecular flexibility index (Phi) is 5.48. The molecule has 1 unspecified atom stereocenters. The van der Waals surface area contributed by atoms with Crippen LogP contribution in [0.3, 0.4) is 0 Å². The zero-order valence-corrected chi connectivity index (χ0v) is 8.03. The third kappa shape index (κ3) is 3.92. The van der Waals surface area contributed by atoms with Gasteiger partial charge in [0.2, 0.25) is 5.91 Å². The number of nitrogens with one attached hydrogen (secondary N) is 1. The maximum absolute atomic E-state index is 10.7. The Hall–Kier alpha value is 0.430. The highest BCUT2D eigenvalue weighted by Gasteiger charge is 2.10. The van der Waals surface area contributed by atoms with E-state index in [4.69, 9.17) is 0 Å². The number of hydrogen-bond donors (Lipinski definition) is 1. The van der Waals surface area contributed by atoms with E-state index in [-0.39, 0.29) is 10.7 Å². The largest absolute Gasteiger partial charge is 0.355 e. The molecule has 0 aliphatic carbocycles. The molecule has 4 heteroatoms. The predicted molar refractivity (Wildman–Crippen MR) is 44.9 cm³/mol. The van der Waals surface area contributed by atoms with Crippen molar-refractivity contribution in [1.29, 1.82) is 0 Å². The van der Waals surface area contributed by atoms with Gasteiger partial charge in [-0.15, -0.1) is 0 Å². The molecule has 0 aromatic carbocycles. The minimum atomic E-state index is -0.140. The summed E-state index contributed by atoms with van der Waals surface area (Å²) in [5.74, 6) is -0.0260. The van der Waals surface area contributed by atoms with Crippen molar-refractivity contribution in [2.75, 3.05) is 11.9 Å². The number of carbonyl (C=O) groups is 1. The van der Waals surface area contributed by atoms with Crippen LogP contribution >= 0.6 is 31.9 Å². The van der Waals surface area contributed by atoms with Crippen molar-refractivity contribution in [3.63, 3.8) is 0 Å². The van der Waals surface area contributed by atoms with Crippen molar-refractivity contribution in [1.82, 2.24) is 5.32 Å². The van der Waals surface area contributed by atoms with Crippen molar-refractivity contribution < 1.29 is 4.79 Å². The first-order valence-electron chi connectivity index (χ1n) is 2.49. The van der Waals surface area contributed by atoms with Crippen molar-refractivity contribution in [3.8, 4) is 0 Å². The molecule has 0 fully saturated rings. The summed E-state index contributed by atoms with van der Waals surface area (Å²) in [6.07, 6.45) is 0. The summed E-state index contributed by atoms with van der Waals surface area (Å²) in [5.41, 5.74) is 0. The zero-order chi connectivity index (χ0) is 7.28. The summed E-state index contributed by atoms with van der Waals surface area (Å²) in [6, 6.07) is 0. The SMILES string of the molecule is [CH2]CNC(=O)C(Br)CBr. The van der Waals surface area contributed by atoms with Crippen molar-refractivity contribution >= 4 is 37.8 Å². The first kappa shape index (κ1) is 9.43. The molecule has 0 saturated heterocycles. The van der Waals surface area contributed by atoms with Gasteiger partial charge in [0.15, 0.2) is 0 Å². The van der Waals surface area contributed by atoms with E-state index in [1.165, 1.54) is 0 Å².